The molecule has 1 saturated heterocycles. The van der Waals surface area contributed by atoms with Crippen molar-refractivity contribution in [2.24, 2.45) is 5.10 Å². The van der Waals surface area contributed by atoms with Crippen LogP contribution in [-0.2, 0) is 11.4 Å². The van der Waals surface area contributed by atoms with Crippen LogP contribution in [0.5, 0.6) is 17.2 Å². The molecule has 1 fully saturated rings. The van der Waals surface area contributed by atoms with E-state index in [-0.39, 0.29) is 17.7 Å². The van der Waals surface area contributed by atoms with Gasteiger partial charge in [-0.15, -0.1) is 0 Å². The monoisotopic (exact) mass is 460 g/mol. The Morgan fingerprint density at radius 1 is 1.12 bits per heavy atom. The lowest BCUT2D eigenvalue weighted by atomic mass is 10.0. The number of hydrogen-bond donors (Lipinski definition) is 4. The molecule has 176 valence electrons. The van der Waals surface area contributed by atoms with Gasteiger partial charge in [0.25, 0.3) is 5.91 Å². The molecule has 8 nitrogen and oxygen atoms in total. The van der Waals surface area contributed by atoms with Crippen molar-refractivity contribution < 1.29 is 19.4 Å². The van der Waals surface area contributed by atoms with Crippen LogP contribution >= 0.6 is 0 Å². The Kier molecular flexibility index (Phi) is 7.41. The summed E-state index contributed by atoms with van der Waals surface area (Å²) in [4.78, 5) is 12.5. The van der Waals surface area contributed by atoms with Gasteiger partial charge in [0.2, 0.25) is 0 Å². The van der Waals surface area contributed by atoms with Crippen molar-refractivity contribution in [3.8, 4) is 17.2 Å². The second-order valence-electron chi connectivity index (χ2n) is 8.14. The number of rotatable bonds is 8. The average molecular weight is 461 g/mol. The quantitative estimate of drug-likeness (QED) is 0.304. The Morgan fingerprint density at radius 3 is 2.62 bits per heavy atom. The molecule has 2 unspecified atom stereocenters. The van der Waals surface area contributed by atoms with Gasteiger partial charge in [-0.1, -0.05) is 42.0 Å². The van der Waals surface area contributed by atoms with E-state index in [1.807, 2.05) is 24.3 Å². The molecule has 4 rings (SSSR count). The summed E-state index contributed by atoms with van der Waals surface area (Å²) in [6.45, 7) is 2.58. The number of aryl methyl sites for hydroxylation is 1. The van der Waals surface area contributed by atoms with E-state index in [4.69, 9.17) is 9.47 Å². The maximum absolute atomic E-state index is 12.5. The molecule has 0 aromatic heterocycles. The van der Waals surface area contributed by atoms with Crippen LogP contribution in [0.3, 0.4) is 0 Å². The molecule has 0 spiro atoms. The third-order valence-corrected chi connectivity index (χ3v) is 5.62. The molecule has 3 aromatic carbocycles. The zero-order valence-corrected chi connectivity index (χ0v) is 19.1. The van der Waals surface area contributed by atoms with E-state index in [1.165, 1.54) is 25.0 Å². The topological polar surface area (TPSA) is 104 Å². The minimum Gasteiger partial charge on any atom is -0.504 e. The number of phenols is 1. The number of carbonyl (C=O) groups is 1. The first kappa shape index (κ1) is 23.3. The molecular weight excluding hydrogens is 432 g/mol. The number of hydrogen-bond acceptors (Lipinski definition) is 7. The fraction of sp³-hybridized carbons (Fsp3) is 0.231. The van der Waals surface area contributed by atoms with Gasteiger partial charge in [0.05, 0.1) is 13.3 Å². The highest BCUT2D eigenvalue weighted by Crippen LogP contribution is 2.26. The highest BCUT2D eigenvalue weighted by molar-refractivity contribution is 5.85. The Morgan fingerprint density at radius 2 is 1.88 bits per heavy atom. The summed E-state index contributed by atoms with van der Waals surface area (Å²) in [5.41, 5.74) is 12.8. The number of nitrogens with one attached hydrogen (secondary N) is 3. The van der Waals surface area contributed by atoms with Gasteiger partial charge in [0, 0.05) is 6.04 Å². The van der Waals surface area contributed by atoms with E-state index in [1.54, 1.807) is 12.1 Å². The number of aromatic hydroxyl groups is 1. The van der Waals surface area contributed by atoms with Crippen molar-refractivity contribution in [3.63, 3.8) is 0 Å². The summed E-state index contributed by atoms with van der Waals surface area (Å²) in [5.74, 6) is 0.938. The van der Waals surface area contributed by atoms with Crippen LogP contribution in [0, 0.1) is 6.92 Å². The zero-order chi connectivity index (χ0) is 23.9. The maximum atomic E-state index is 12.5. The number of methoxy groups -OCH3 is 1. The van der Waals surface area contributed by atoms with E-state index in [0.29, 0.717) is 24.3 Å². The highest BCUT2D eigenvalue weighted by atomic mass is 16.5. The van der Waals surface area contributed by atoms with Crippen LogP contribution in [-0.4, -0.2) is 30.4 Å². The molecular formula is C26H28N4O4. The molecule has 3 aromatic rings. The number of amides is 1. The molecule has 4 N–H and O–H groups in total. The Balaban J connectivity index is 1.26. The largest absolute Gasteiger partial charge is 0.504 e. The van der Waals surface area contributed by atoms with Crippen LogP contribution in [0.25, 0.3) is 0 Å². The van der Waals surface area contributed by atoms with Crippen molar-refractivity contribution in [2.75, 3.05) is 7.11 Å². The molecule has 0 saturated carbocycles. The number of ether oxygens (including phenoxy) is 2. The van der Waals surface area contributed by atoms with Crippen molar-refractivity contribution in [2.45, 2.75) is 32.0 Å². The minimum absolute atomic E-state index is 0.00719. The smallest absolute Gasteiger partial charge is 0.258 e. The normalized spacial score (nSPS) is 17.6. The molecule has 1 heterocycles. The molecule has 8 heteroatoms. The van der Waals surface area contributed by atoms with Gasteiger partial charge >= 0.3 is 0 Å². The van der Waals surface area contributed by atoms with Crippen molar-refractivity contribution in [3.05, 3.63) is 89.0 Å². The number of nitrogens with zero attached hydrogens (tertiary/aromatic N) is 1. The molecule has 1 aliphatic rings. The number of benzene rings is 3. The second kappa shape index (κ2) is 10.8. The van der Waals surface area contributed by atoms with Gasteiger partial charge in [0.15, 0.2) is 11.5 Å². The summed E-state index contributed by atoms with van der Waals surface area (Å²) in [5, 5.41) is 13.7. The third-order valence-electron chi connectivity index (χ3n) is 5.62. The fourth-order valence-electron chi connectivity index (χ4n) is 3.62. The number of phenolic OH excluding ortho intramolecular Hbond substituents is 1. The molecule has 2 atom stereocenters. The zero-order valence-electron chi connectivity index (χ0n) is 19.1. The van der Waals surface area contributed by atoms with E-state index in [9.17, 15) is 9.90 Å². The first-order valence-corrected chi connectivity index (χ1v) is 11.0. The molecule has 1 aliphatic heterocycles. The molecule has 0 aliphatic carbocycles. The van der Waals surface area contributed by atoms with Gasteiger partial charge in [-0.05, 0) is 60.4 Å². The second-order valence-corrected chi connectivity index (χ2v) is 8.14. The van der Waals surface area contributed by atoms with Crippen LogP contribution in [0.4, 0.5) is 0 Å². The summed E-state index contributed by atoms with van der Waals surface area (Å²) < 4.78 is 10.9. The number of carbonyl (C=O) groups excluding carboxylic acids is 1. The minimum atomic E-state index is -0.422. The van der Waals surface area contributed by atoms with Gasteiger partial charge in [-0.3, -0.25) is 4.79 Å². The van der Waals surface area contributed by atoms with Crippen molar-refractivity contribution >= 4 is 12.1 Å². The van der Waals surface area contributed by atoms with Crippen molar-refractivity contribution in [1.29, 1.82) is 0 Å². The van der Waals surface area contributed by atoms with Gasteiger partial charge < -0.3 is 14.6 Å². The number of hydrazine groups is 1. The van der Waals surface area contributed by atoms with E-state index >= 15 is 0 Å². The number of hydrazone groups is 1. The van der Waals surface area contributed by atoms with Gasteiger partial charge in [-0.2, -0.15) is 5.10 Å². The first-order chi connectivity index (χ1) is 16.5. The molecule has 0 radical (unpaired) electrons. The van der Waals surface area contributed by atoms with E-state index in [0.717, 1.165) is 16.9 Å². The highest BCUT2D eigenvalue weighted by Gasteiger charge is 2.30. The first-order valence-electron chi connectivity index (χ1n) is 11.0. The standard InChI is InChI=1S/C26H28N4O4/c1-17-3-5-18(6-4-17)16-34-21-10-8-20(9-11-21)22-14-23(29-28-22)26(32)30-27-15-19-7-12-24(31)25(13-19)33-2/h3-13,15,22-23,28-29,31H,14,16H2,1-2H3,(H,30,32)/b27-15+. The molecule has 34 heavy (non-hydrogen) atoms. The third kappa shape index (κ3) is 5.92. The van der Waals surface area contributed by atoms with Crippen LogP contribution in [0.1, 0.15) is 34.7 Å². The van der Waals surface area contributed by atoms with Crippen LogP contribution in [0.2, 0.25) is 0 Å². The van der Waals surface area contributed by atoms with Crippen LogP contribution < -0.4 is 25.8 Å². The SMILES string of the molecule is COc1cc(/C=N/NC(=O)C2CC(c3ccc(OCc4ccc(C)cc4)cc3)NN2)ccc1O. The molecule has 0 bridgehead atoms. The van der Waals surface area contributed by atoms with Gasteiger partial charge in [-0.25, -0.2) is 16.3 Å². The Labute approximate surface area is 198 Å². The summed E-state index contributed by atoms with van der Waals surface area (Å²) in [6.07, 6.45) is 2.08. The Hall–Kier alpha value is -3.88. The van der Waals surface area contributed by atoms with E-state index in [2.05, 4.69) is 52.6 Å². The lowest BCUT2D eigenvalue weighted by molar-refractivity contribution is -0.122. The lowest BCUT2D eigenvalue weighted by Gasteiger charge is -2.11. The summed E-state index contributed by atoms with van der Waals surface area (Å²) in [6, 6.07) is 20.5. The average Bonchev–Trinajstić information content (AvgIpc) is 3.35. The predicted octanol–water partition coefficient (Wildman–Crippen LogP) is 3.35. The van der Waals surface area contributed by atoms with Gasteiger partial charge in [0.1, 0.15) is 18.4 Å². The molecule has 1 amide bonds. The predicted molar refractivity (Wildman–Crippen MR) is 130 cm³/mol. The Bertz CT molecular complexity index is 1150. The summed E-state index contributed by atoms with van der Waals surface area (Å²) >= 11 is 0. The summed E-state index contributed by atoms with van der Waals surface area (Å²) in [7, 11) is 1.47. The maximum Gasteiger partial charge on any atom is 0.258 e. The van der Waals surface area contributed by atoms with E-state index < -0.39 is 6.04 Å². The lowest BCUT2D eigenvalue weighted by Crippen LogP contribution is -2.41. The fourth-order valence-corrected chi connectivity index (χ4v) is 3.62. The van der Waals surface area contributed by atoms with Crippen molar-refractivity contribution in [1.82, 2.24) is 16.3 Å². The van der Waals surface area contributed by atoms with Crippen LogP contribution in [0.15, 0.2) is 71.8 Å².